The molecule has 7 nitrogen and oxygen atoms in total. The fraction of sp³-hybridized carbons (Fsp3) is 0.353. The third-order valence-corrected chi connectivity index (χ3v) is 5.06. The molecule has 0 unspecified atom stereocenters. The van der Waals surface area contributed by atoms with Crippen molar-refractivity contribution in [2.45, 2.75) is 12.8 Å². The van der Waals surface area contributed by atoms with Crippen LogP contribution in [0.5, 0.6) is 11.5 Å². The van der Waals surface area contributed by atoms with Crippen LogP contribution in [-0.2, 0) is 9.59 Å². The van der Waals surface area contributed by atoms with Crippen molar-refractivity contribution in [3.63, 3.8) is 0 Å². The van der Waals surface area contributed by atoms with Crippen LogP contribution < -0.4 is 14.8 Å². The van der Waals surface area contributed by atoms with E-state index in [-0.39, 0.29) is 42.9 Å². The predicted molar refractivity (Wildman–Crippen MR) is 91.0 cm³/mol. The van der Waals surface area contributed by atoms with Gasteiger partial charge in [0.1, 0.15) is 0 Å². The second-order valence-electron chi connectivity index (χ2n) is 6.01. The lowest BCUT2D eigenvalue weighted by Gasteiger charge is -2.12. The molecule has 3 aliphatic rings. The maximum Gasteiger partial charge on any atom is 0.293 e. The van der Waals surface area contributed by atoms with Crippen LogP contribution in [0.4, 0.5) is 4.79 Å². The quantitative estimate of drug-likeness (QED) is 0.808. The number of amides is 3. The van der Waals surface area contributed by atoms with Crippen LogP contribution in [0.1, 0.15) is 18.4 Å². The Kier molecular flexibility index (Phi) is 4.12. The van der Waals surface area contributed by atoms with Crippen molar-refractivity contribution in [2.75, 3.05) is 19.9 Å². The Morgan fingerprint density at radius 2 is 2.08 bits per heavy atom. The number of carbonyl (C=O) groups excluding carboxylic acids is 3. The Balaban J connectivity index is 1.40. The number of thioether (sulfide) groups is 1. The van der Waals surface area contributed by atoms with Crippen molar-refractivity contribution in [1.82, 2.24) is 10.2 Å². The van der Waals surface area contributed by atoms with Crippen molar-refractivity contribution in [3.05, 3.63) is 28.7 Å². The summed E-state index contributed by atoms with van der Waals surface area (Å²) >= 11 is 0.901. The van der Waals surface area contributed by atoms with Gasteiger partial charge in [-0.25, -0.2) is 0 Å². The first-order valence-corrected chi connectivity index (χ1v) is 8.86. The molecule has 0 radical (unpaired) electrons. The Morgan fingerprint density at radius 1 is 1.28 bits per heavy atom. The van der Waals surface area contributed by atoms with Gasteiger partial charge >= 0.3 is 0 Å². The second-order valence-corrected chi connectivity index (χ2v) is 7.00. The highest BCUT2D eigenvalue weighted by Gasteiger charge is 2.35. The molecule has 8 heteroatoms. The van der Waals surface area contributed by atoms with Gasteiger partial charge in [0.05, 0.1) is 4.91 Å². The molecular weight excluding hydrogens is 344 g/mol. The molecular formula is C17H16N2O5S. The summed E-state index contributed by atoms with van der Waals surface area (Å²) < 4.78 is 10.6. The molecule has 2 aliphatic heterocycles. The molecule has 0 bridgehead atoms. The van der Waals surface area contributed by atoms with Gasteiger partial charge < -0.3 is 14.8 Å². The van der Waals surface area contributed by atoms with Gasteiger partial charge in [-0.3, -0.25) is 19.3 Å². The molecule has 3 amide bonds. The third-order valence-electron chi connectivity index (χ3n) is 4.15. The Morgan fingerprint density at radius 3 is 2.88 bits per heavy atom. The Hall–Kier alpha value is -2.48. The number of nitrogens with one attached hydrogen (secondary N) is 1. The number of ether oxygens (including phenoxy) is 2. The van der Waals surface area contributed by atoms with Crippen molar-refractivity contribution in [1.29, 1.82) is 0 Å². The smallest absolute Gasteiger partial charge is 0.293 e. The van der Waals surface area contributed by atoms with Crippen molar-refractivity contribution in [3.8, 4) is 11.5 Å². The molecule has 130 valence electrons. The standard InChI is InChI=1S/C17H16N2O5S/c20-15(11-2-3-11)18-5-6-19-16(21)14(25-17(19)22)8-10-1-4-12-13(7-10)24-9-23-12/h1,4,7-8,11H,2-3,5-6,9H2,(H,18,20). The lowest BCUT2D eigenvalue weighted by molar-refractivity contribution is -0.124. The van der Waals surface area contributed by atoms with E-state index in [1.54, 1.807) is 24.3 Å². The van der Waals surface area contributed by atoms with Crippen LogP contribution in [0.3, 0.4) is 0 Å². The molecule has 0 spiro atoms. The zero-order chi connectivity index (χ0) is 17.4. The number of nitrogens with zero attached hydrogens (tertiary/aromatic N) is 1. The highest BCUT2D eigenvalue weighted by atomic mass is 32.2. The van der Waals surface area contributed by atoms with Crippen LogP contribution >= 0.6 is 11.8 Å². The van der Waals surface area contributed by atoms with Crippen molar-refractivity contribution >= 4 is 34.9 Å². The zero-order valence-corrected chi connectivity index (χ0v) is 14.1. The molecule has 2 heterocycles. The predicted octanol–water partition coefficient (Wildman–Crippen LogP) is 1.98. The summed E-state index contributed by atoms with van der Waals surface area (Å²) in [6.07, 6.45) is 3.51. The lowest BCUT2D eigenvalue weighted by Crippen LogP contribution is -2.37. The van der Waals surface area contributed by atoms with Gasteiger partial charge in [-0.05, 0) is 48.4 Å². The fourth-order valence-corrected chi connectivity index (χ4v) is 3.49. The average Bonchev–Trinajstić information content (AvgIpc) is 3.29. The van der Waals surface area contributed by atoms with E-state index in [9.17, 15) is 14.4 Å². The average molecular weight is 360 g/mol. The number of hydrogen-bond acceptors (Lipinski definition) is 6. The Labute approximate surface area is 148 Å². The van der Waals surface area contributed by atoms with E-state index in [1.807, 2.05) is 0 Å². The molecule has 0 aromatic heterocycles. The number of imide groups is 1. The SMILES string of the molecule is O=C(NCCN1C(=O)SC(=Cc2ccc3c(c2)OCO3)C1=O)C1CC1. The summed E-state index contributed by atoms with van der Waals surface area (Å²) in [5.74, 6) is 1.06. The van der Waals surface area contributed by atoms with Gasteiger partial charge in [-0.1, -0.05) is 6.07 Å². The lowest BCUT2D eigenvalue weighted by atomic mass is 10.2. The van der Waals surface area contributed by atoms with E-state index in [4.69, 9.17) is 9.47 Å². The largest absolute Gasteiger partial charge is 0.454 e. The number of fused-ring (bicyclic) bond motifs is 1. The fourth-order valence-electron chi connectivity index (χ4n) is 2.63. The minimum atomic E-state index is -0.340. The number of carbonyl (C=O) groups is 3. The molecule has 4 rings (SSSR count). The summed E-state index contributed by atoms with van der Waals surface area (Å²) in [5, 5.41) is 2.44. The number of rotatable bonds is 5. The van der Waals surface area contributed by atoms with Crippen LogP contribution in [-0.4, -0.2) is 41.8 Å². The highest BCUT2D eigenvalue weighted by Crippen LogP contribution is 2.36. The van der Waals surface area contributed by atoms with Gasteiger partial charge in [0, 0.05) is 19.0 Å². The van der Waals surface area contributed by atoms with Gasteiger partial charge in [-0.15, -0.1) is 0 Å². The minimum Gasteiger partial charge on any atom is -0.454 e. The molecule has 1 N–H and O–H groups in total. The first-order chi connectivity index (χ1) is 12.1. The van der Waals surface area contributed by atoms with Crippen molar-refractivity contribution in [2.24, 2.45) is 5.92 Å². The molecule has 0 atom stereocenters. The van der Waals surface area contributed by atoms with E-state index in [1.165, 1.54) is 0 Å². The van der Waals surface area contributed by atoms with Crippen LogP contribution in [0.25, 0.3) is 6.08 Å². The Bertz CT molecular complexity index is 787. The van der Waals surface area contributed by atoms with E-state index >= 15 is 0 Å². The number of benzene rings is 1. The summed E-state index contributed by atoms with van der Waals surface area (Å²) in [6, 6.07) is 5.34. The molecule has 1 aromatic rings. The third kappa shape index (κ3) is 3.34. The first-order valence-electron chi connectivity index (χ1n) is 8.04. The maximum absolute atomic E-state index is 12.4. The minimum absolute atomic E-state index is 0.00266. The summed E-state index contributed by atoms with van der Waals surface area (Å²) in [6.45, 7) is 0.647. The van der Waals surface area contributed by atoms with Crippen molar-refractivity contribution < 1.29 is 23.9 Å². The molecule has 1 saturated carbocycles. The molecule has 1 saturated heterocycles. The van der Waals surface area contributed by atoms with Crippen LogP contribution in [0.2, 0.25) is 0 Å². The van der Waals surface area contributed by atoms with Gasteiger partial charge in [0.25, 0.3) is 11.1 Å². The number of hydrogen-bond donors (Lipinski definition) is 1. The monoisotopic (exact) mass is 360 g/mol. The highest BCUT2D eigenvalue weighted by molar-refractivity contribution is 8.18. The van der Waals surface area contributed by atoms with Crippen LogP contribution in [0, 0.1) is 5.92 Å². The molecule has 1 aliphatic carbocycles. The molecule has 2 fully saturated rings. The van der Waals surface area contributed by atoms with Gasteiger partial charge in [-0.2, -0.15) is 0 Å². The maximum atomic E-state index is 12.4. The van der Waals surface area contributed by atoms with E-state index in [2.05, 4.69) is 5.32 Å². The van der Waals surface area contributed by atoms with E-state index < -0.39 is 0 Å². The van der Waals surface area contributed by atoms with Gasteiger partial charge in [0.2, 0.25) is 12.7 Å². The zero-order valence-electron chi connectivity index (χ0n) is 13.3. The normalized spacial score (nSPS) is 20.5. The first kappa shape index (κ1) is 16.0. The summed E-state index contributed by atoms with van der Waals surface area (Å²) in [7, 11) is 0. The topological polar surface area (TPSA) is 84.9 Å². The summed E-state index contributed by atoms with van der Waals surface area (Å²) in [4.78, 5) is 37.6. The van der Waals surface area contributed by atoms with E-state index in [0.29, 0.717) is 16.4 Å². The van der Waals surface area contributed by atoms with E-state index in [0.717, 1.165) is 35.1 Å². The molecule has 25 heavy (non-hydrogen) atoms. The summed E-state index contributed by atoms with van der Waals surface area (Å²) in [5.41, 5.74) is 0.761. The second kappa shape index (κ2) is 6.44. The van der Waals surface area contributed by atoms with Crippen LogP contribution in [0.15, 0.2) is 23.1 Å². The van der Waals surface area contributed by atoms with Gasteiger partial charge in [0.15, 0.2) is 11.5 Å². The molecule has 1 aromatic carbocycles.